The molecule has 0 amide bonds. The number of carboxylic acid groups (broad SMARTS) is 1. The molecule has 0 saturated heterocycles. The molecule has 82 valence electrons. The molecule has 1 atom stereocenters. The second-order valence-electron chi connectivity index (χ2n) is 3.39. The minimum atomic E-state index is -0.726. The van der Waals surface area contributed by atoms with Crippen molar-refractivity contribution in [2.75, 3.05) is 5.75 Å². The van der Waals surface area contributed by atoms with Gasteiger partial charge >= 0.3 is 5.97 Å². The Morgan fingerprint density at radius 3 is 3.07 bits per heavy atom. The van der Waals surface area contributed by atoms with E-state index >= 15 is 0 Å². The van der Waals surface area contributed by atoms with Crippen LogP contribution >= 0.6 is 11.8 Å². The van der Waals surface area contributed by atoms with Gasteiger partial charge in [-0.15, -0.1) is 0 Å². The predicted octanol–water partition coefficient (Wildman–Crippen LogP) is 2.22. The van der Waals surface area contributed by atoms with Crippen molar-refractivity contribution in [2.45, 2.75) is 25.0 Å². The molecule has 1 aromatic heterocycles. The van der Waals surface area contributed by atoms with Gasteiger partial charge in [-0.1, -0.05) is 13.0 Å². The molecule has 0 saturated carbocycles. The first-order valence-corrected chi connectivity index (χ1v) is 5.95. The van der Waals surface area contributed by atoms with Crippen molar-refractivity contribution < 1.29 is 9.90 Å². The highest BCUT2D eigenvalue weighted by Gasteiger charge is 2.07. The standard InChI is InChI=1S/C11H15NO2S/c1-9(7-11(13)14)15-6-4-10-3-2-5-12-8-10/h2-3,5,8-9H,4,6-7H2,1H3,(H,13,14). The summed E-state index contributed by atoms with van der Waals surface area (Å²) in [6.45, 7) is 1.95. The van der Waals surface area contributed by atoms with E-state index in [1.807, 2.05) is 25.3 Å². The quantitative estimate of drug-likeness (QED) is 0.806. The number of thioether (sulfide) groups is 1. The molecule has 0 radical (unpaired) electrons. The summed E-state index contributed by atoms with van der Waals surface area (Å²) in [4.78, 5) is 14.4. The van der Waals surface area contributed by atoms with Crippen molar-refractivity contribution >= 4 is 17.7 Å². The molecule has 0 aromatic carbocycles. The average Bonchev–Trinajstić information content (AvgIpc) is 2.18. The van der Waals surface area contributed by atoms with Crippen LogP contribution in [0.15, 0.2) is 24.5 Å². The maximum Gasteiger partial charge on any atom is 0.304 e. The van der Waals surface area contributed by atoms with Gasteiger partial charge in [-0.3, -0.25) is 9.78 Å². The summed E-state index contributed by atoms with van der Waals surface area (Å²) in [5.41, 5.74) is 1.20. The van der Waals surface area contributed by atoms with Crippen LogP contribution < -0.4 is 0 Å². The lowest BCUT2D eigenvalue weighted by Gasteiger charge is -2.07. The van der Waals surface area contributed by atoms with E-state index in [1.54, 1.807) is 18.0 Å². The van der Waals surface area contributed by atoms with Gasteiger partial charge in [0.15, 0.2) is 0 Å². The van der Waals surface area contributed by atoms with Gasteiger partial charge in [0.1, 0.15) is 0 Å². The van der Waals surface area contributed by atoms with E-state index in [4.69, 9.17) is 5.11 Å². The fraction of sp³-hybridized carbons (Fsp3) is 0.455. The summed E-state index contributed by atoms with van der Waals surface area (Å²) < 4.78 is 0. The number of carbonyl (C=O) groups is 1. The molecule has 1 aromatic rings. The van der Waals surface area contributed by atoms with Crippen molar-refractivity contribution in [2.24, 2.45) is 0 Å². The molecular formula is C11H15NO2S. The van der Waals surface area contributed by atoms with Gasteiger partial charge in [-0.25, -0.2) is 0 Å². The minimum Gasteiger partial charge on any atom is -0.481 e. The molecule has 0 fully saturated rings. The van der Waals surface area contributed by atoms with Crippen molar-refractivity contribution in [1.82, 2.24) is 4.98 Å². The van der Waals surface area contributed by atoms with Gasteiger partial charge in [0.05, 0.1) is 6.42 Å². The normalized spacial score (nSPS) is 12.3. The van der Waals surface area contributed by atoms with Crippen molar-refractivity contribution in [3.63, 3.8) is 0 Å². The van der Waals surface area contributed by atoms with E-state index in [9.17, 15) is 4.79 Å². The van der Waals surface area contributed by atoms with Gasteiger partial charge in [0.25, 0.3) is 0 Å². The van der Waals surface area contributed by atoms with Crippen LogP contribution in [0.3, 0.4) is 0 Å². The van der Waals surface area contributed by atoms with Crippen LogP contribution in [0.4, 0.5) is 0 Å². The van der Waals surface area contributed by atoms with E-state index in [0.29, 0.717) is 0 Å². The van der Waals surface area contributed by atoms with Crippen molar-refractivity contribution in [3.8, 4) is 0 Å². The summed E-state index contributed by atoms with van der Waals surface area (Å²) in [6.07, 6.45) is 4.78. The molecular weight excluding hydrogens is 210 g/mol. The molecule has 1 rings (SSSR count). The predicted molar refractivity (Wildman–Crippen MR) is 62.1 cm³/mol. The number of rotatable bonds is 6. The number of pyridine rings is 1. The summed E-state index contributed by atoms with van der Waals surface area (Å²) in [5, 5.41) is 8.76. The van der Waals surface area contributed by atoms with Crippen molar-refractivity contribution in [1.29, 1.82) is 0 Å². The highest BCUT2D eigenvalue weighted by Crippen LogP contribution is 2.15. The maximum absolute atomic E-state index is 10.4. The number of nitrogens with zero attached hydrogens (tertiary/aromatic N) is 1. The first-order valence-electron chi connectivity index (χ1n) is 4.91. The molecule has 0 spiro atoms. The Bertz CT molecular complexity index is 303. The number of hydrogen-bond donors (Lipinski definition) is 1. The van der Waals surface area contributed by atoms with Gasteiger partial charge in [0, 0.05) is 17.6 Å². The SMILES string of the molecule is CC(CC(=O)O)SCCc1cccnc1. The van der Waals surface area contributed by atoms with Crippen LogP contribution in [-0.2, 0) is 11.2 Å². The third-order valence-electron chi connectivity index (χ3n) is 1.98. The molecule has 1 unspecified atom stereocenters. The Morgan fingerprint density at radius 1 is 1.67 bits per heavy atom. The second-order valence-corrected chi connectivity index (χ2v) is 4.94. The molecule has 0 bridgehead atoms. The van der Waals surface area contributed by atoms with Crippen LogP contribution in [0, 0.1) is 0 Å². The molecule has 1 heterocycles. The lowest BCUT2D eigenvalue weighted by Crippen LogP contribution is -2.06. The Morgan fingerprint density at radius 2 is 2.47 bits per heavy atom. The molecule has 15 heavy (non-hydrogen) atoms. The Balaban J connectivity index is 2.19. The van der Waals surface area contributed by atoms with Crippen LogP contribution in [-0.4, -0.2) is 27.1 Å². The molecule has 0 aliphatic carbocycles. The summed E-state index contributed by atoms with van der Waals surface area (Å²) >= 11 is 1.69. The zero-order chi connectivity index (χ0) is 11.1. The summed E-state index contributed by atoms with van der Waals surface area (Å²) in [6, 6.07) is 3.95. The number of aliphatic carboxylic acids is 1. The number of hydrogen-bond acceptors (Lipinski definition) is 3. The Labute approximate surface area is 93.9 Å². The van der Waals surface area contributed by atoms with Gasteiger partial charge in [-0.05, 0) is 23.8 Å². The van der Waals surface area contributed by atoms with E-state index < -0.39 is 5.97 Å². The van der Waals surface area contributed by atoms with E-state index in [1.165, 1.54) is 5.56 Å². The zero-order valence-electron chi connectivity index (χ0n) is 8.72. The fourth-order valence-corrected chi connectivity index (χ4v) is 2.25. The van der Waals surface area contributed by atoms with Crippen molar-refractivity contribution in [3.05, 3.63) is 30.1 Å². The average molecular weight is 225 g/mol. The van der Waals surface area contributed by atoms with Gasteiger partial charge < -0.3 is 5.11 Å². The molecule has 1 N–H and O–H groups in total. The number of carboxylic acids is 1. The topological polar surface area (TPSA) is 50.2 Å². The van der Waals surface area contributed by atoms with Crippen LogP contribution in [0.5, 0.6) is 0 Å². The zero-order valence-corrected chi connectivity index (χ0v) is 9.54. The maximum atomic E-state index is 10.4. The Kier molecular flexibility index (Phi) is 5.18. The van der Waals surface area contributed by atoms with E-state index in [0.717, 1.165) is 12.2 Å². The number of aryl methyl sites for hydroxylation is 1. The summed E-state index contributed by atoms with van der Waals surface area (Å²) in [7, 11) is 0. The smallest absolute Gasteiger partial charge is 0.304 e. The molecule has 0 aliphatic heterocycles. The lowest BCUT2D eigenvalue weighted by atomic mass is 10.2. The first-order chi connectivity index (χ1) is 7.18. The first kappa shape index (κ1) is 12.0. The monoisotopic (exact) mass is 225 g/mol. The fourth-order valence-electron chi connectivity index (χ4n) is 1.23. The van der Waals surface area contributed by atoms with E-state index in [2.05, 4.69) is 4.98 Å². The minimum absolute atomic E-state index is 0.180. The van der Waals surface area contributed by atoms with E-state index in [-0.39, 0.29) is 11.7 Å². The van der Waals surface area contributed by atoms with Crippen LogP contribution in [0.25, 0.3) is 0 Å². The largest absolute Gasteiger partial charge is 0.481 e. The lowest BCUT2D eigenvalue weighted by molar-refractivity contribution is -0.136. The highest BCUT2D eigenvalue weighted by molar-refractivity contribution is 7.99. The highest BCUT2D eigenvalue weighted by atomic mass is 32.2. The van der Waals surface area contributed by atoms with Crippen LogP contribution in [0.2, 0.25) is 0 Å². The Hall–Kier alpha value is -1.03. The molecule has 4 heteroatoms. The van der Waals surface area contributed by atoms with Crippen LogP contribution in [0.1, 0.15) is 18.9 Å². The third kappa shape index (κ3) is 5.42. The number of aromatic nitrogens is 1. The molecule has 0 aliphatic rings. The third-order valence-corrected chi connectivity index (χ3v) is 3.15. The van der Waals surface area contributed by atoms with Gasteiger partial charge in [0.2, 0.25) is 0 Å². The second kappa shape index (κ2) is 6.45. The summed E-state index contributed by atoms with van der Waals surface area (Å²) in [5.74, 6) is 0.219. The van der Waals surface area contributed by atoms with Gasteiger partial charge in [-0.2, -0.15) is 11.8 Å². The molecule has 3 nitrogen and oxygen atoms in total.